The van der Waals surface area contributed by atoms with Crippen molar-refractivity contribution in [1.29, 1.82) is 5.26 Å². The number of rotatable bonds is 3. The molecule has 130 valence electrons. The Morgan fingerprint density at radius 3 is 2.54 bits per heavy atom. The number of carbonyl (C=O) groups is 1. The summed E-state index contributed by atoms with van der Waals surface area (Å²) in [6.07, 6.45) is -3.86. The number of hydrogen-bond acceptors (Lipinski definition) is 4. The van der Waals surface area contributed by atoms with Crippen LogP contribution in [0.25, 0.3) is 0 Å². The van der Waals surface area contributed by atoms with Crippen LogP contribution in [0.1, 0.15) is 30.4 Å². The summed E-state index contributed by atoms with van der Waals surface area (Å²) < 4.78 is 64.9. The molecule has 1 unspecified atom stereocenters. The maximum Gasteiger partial charge on any atom is 0.417 e. The standard InChI is InChI=1S/C14H13F3N2O4S/c15-14(16,17)11-7-10(5-4-9(11)8-18)24(22,23)19-6-2-1-3-12(19)13(20)21/h4-5,7,12H,1-3,6H2,(H,20,21). The molecule has 0 amide bonds. The van der Waals surface area contributed by atoms with Crippen LogP contribution in [0.3, 0.4) is 0 Å². The molecule has 0 radical (unpaired) electrons. The first kappa shape index (κ1) is 18.2. The van der Waals surface area contributed by atoms with E-state index in [1.54, 1.807) is 0 Å². The molecule has 1 heterocycles. The lowest BCUT2D eigenvalue weighted by Crippen LogP contribution is -2.47. The van der Waals surface area contributed by atoms with Gasteiger partial charge in [-0.2, -0.15) is 22.7 Å². The van der Waals surface area contributed by atoms with E-state index in [9.17, 15) is 26.4 Å². The molecule has 0 bridgehead atoms. The Balaban J connectivity index is 2.54. The normalized spacial score (nSPS) is 19.7. The number of piperidine rings is 1. The Hall–Kier alpha value is -2.12. The zero-order valence-electron chi connectivity index (χ0n) is 12.2. The molecule has 1 saturated heterocycles. The third kappa shape index (κ3) is 3.37. The van der Waals surface area contributed by atoms with E-state index in [0.29, 0.717) is 23.2 Å². The fourth-order valence-corrected chi connectivity index (χ4v) is 4.27. The molecule has 1 aromatic carbocycles. The van der Waals surface area contributed by atoms with Gasteiger partial charge >= 0.3 is 12.1 Å². The number of aliphatic carboxylic acids is 1. The quantitative estimate of drug-likeness (QED) is 0.889. The minimum Gasteiger partial charge on any atom is -0.480 e. The van der Waals surface area contributed by atoms with Gasteiger partial charge in [0.15, 0.2) is 0 Å². The summed E-state index contributed by atoms with van der Waals surface area (Å²) in [5, 5.41) is 17.9. The molecular formula is C14H13F3N2O4S. The topological polar surface area (TPSA) is 98.5 Å². The second-order valence-electron chi connectivity index (χ2n) is 5.28. The van der Waals surface area contributed by atoms with E-state index >= 15 is 0 Å². The SMILES string of the molecule is N#Cc1ccc(S(=O)(=O)N2CCCCC2C(=O)O)cc1C(F)(F)F. The molecule has 1 aliphatic heterocycles. The van der Waals surface area contributed by atoms with Crippen LogP contribution in [-0.2, 0) is 21.0 Å². The van der Waals surface area contributed by atoms with Crippen LogP contribution in [0.2, 0.25) is 0 Å². The largest absolute Gasteiger partial charge is 0.480 e. The van der Waals surface area contributed by atoms with Gasteiger partial charge in [0, 0.05) is 6.54 Å². The van der Waals surface area contributed by atoms with Gasteiger partial charge in [0.25, 0.3) is 0 Å². The molecular weight excluding hydrogens is 349 g/mol. The molecule has 1 aliphatic rings. The molecule has 1 fully saturated rings. The van der Waals surface area contributed by atoms with E-state index in [-0.39, 0.29) is 13.0 Å². The van der Waals surface area contributed by atoms with Crippen LogP contribution in [0.15, 0.2) is 23.1 Å². The third-order valence-corrected chi connectivity index (χ3v) is 5.67. The Kier molecular flexibility index (Phi) is 4.87. The fourth-order valence-electron chi connectivity index (χ4n) is 2.59. The van der Waals surface area contributed by atoms with Crippen molar-refractivity contribution >= 4 is 16.0 Å². The summed E-state index contributed by atoms with van der Waals surface area (Å²) >= 11 is 0. The molecule has 0 aliphatic carbocycles. The molecule has 1 aromatic rings. The van der Waals surface area contributed by atoms with E-state index in [0.717, 1.165) is 12.1 Å². The summed E-state index contributed by atoms with van der Waals surface area (Å²) in [4.78, 5) is 10.6. The third-order valence-electron chi connectivity index (χ3n) is 3.76. The highest BCUT2D eigenvalue weighted by atomic mass is 32.2. The van der Waals surface area contributed by atoms with E-state index in [2.05, 4.69) is 0 Å². The van der Waals surface area contributed by atoms with Gasteiger partial charge in [-0.1, -0.05) is 0 Å². The number of carboxylic acids is 1. The fraction of sp³-hybridized carbons (Fsp3) is 0.429. The molecule has 0 aromatic heterocycles. The molecule has 6 nitrogen and oxygen atoms in total. The minimum atomic E-state index is -4.90. The molecule has 0 spiro atoms. The van der Waals surface area contributed by atoms with Crippen molar-refractivity contribution in [3.63, 3.8) is 0 Å². The van der Waals surface area contributed by atoms with E-state index < -0.39 is 44.2 Å². The number of carboxylic acid groups (broad SMARTS) is 1. The summed E-state index contributed by atoms with van der Waals surface area (Å²) in [5.41, 5.74) is -2.06. The average Bonchev–Trinajstić information content (AvgIpc) is 2.53. The van der Waals surface area contributed by atoms with Crippen LogP contribution in [-0.4, -0.2) is 36.4 Å². The average molecular weight is 362 g/mol. The summed E-state index contributed by atoms with van der Waals surface area (Å²) in [7, 11) is -4.42. The van der Waals surface area contributed by atoms with Crippen LogP contribution in [0.5, 0.6) is 0 Å². The van der Waals surface area contributed by atoms with Gasteiger partial charge in [-0.3, -0.25) is 4.79 Å². The number of sulfonamides is 1. The van der Waals surface area contributed by atoms with Crippen molar-refractivity contribution in [2.75, 3.05) is 6.54 Å². The predicted octanol–water partition coefficient (Wildman–Crippen LogP) is 2.20. The van der Waals surface area contributed by atoms with Gasteiger partial charge in [0.1, 0.15) is 6.04 Å². The van der Waals surface area contributed by atoms with E-state index in [1.165, 1.54) is 6.07 Å². The highest BCUT2D eigenvalue weighted by Crippen LogP contribution is 2.34. The smallest absolute Gasteiger partial charge is 0.417 e. The Bertz CT molecular complexity index is 799. The van der Waals surface area contributed by atoms with Gasteiger partial charge < -0.3 is 5.11 Å². The summed E-state index contributed by atoms with van der Waals surface area (Å²) in [5.74, 6) is -1.34. The number of benzene rings is 1. The Morgan fingerprint density at radius 2 is 2.00 bits per heavy atom. The lowest BCUT2D eigenvalue weighted by molar-refractivity contribution is -0.142. The van der Waals surface area contributed by atoms with Crippen molar-refractivity contribution in [1.82, 2.24) is 4.31 Å². The first-order valence-corrected chi connectivity index (χ1v) is 8.39. The number of nitrogens with zero attached hydrogens (tertiary/aromatic N) is 2. The van der Waals surface area contributed by atoms with Gasteiger partial charge in [0.05, 0.1) is 22.1 Å². The van der Waals surface area contributed by atoms with Crippen molar-refractivity contribution < 1.29 is 31.5 Å². The van der Waals surface area contributed by atoms with Crippen LogP contribution in [0.4, 0.5) is 13.2 Å². The molecule has 24 heavy (non-hydrogen) atoms. The monoisotopic (exact) mass is 362 g/mol. The van der Waals surface area contributed by atoms with Crippen LogP contribution in [0, 0.1) is 11.3 Å². The van der Waals surface area contributed by atoms with Crippen LogP contribution >= 0.6 is 0 Å². The molecule has 1 atom stereocenters. The van der Waals surface area contributed by atoms with Gasteiger partial charge in [0.2, 0.25) is 10.0 Å². The van der Waals surface area contributed by atoms with E-state index in [1.807, 2.05) is 0 Å². The second-order valence-corrected chi connectivity index (χ2v) is 7.17. The maximum absolute atomic E-state index is 13.0. The van der Waals surface area contributed by atoms with Crippen LogP contribution < -0.4 is 0 Å². The number of nitriles is 1. The first-order valence-electron chi connectivity index (χ1n) is 6.95. The Labute approximate surface area is 136 Å². The highest BCUT2D eigenvalue weighted by Gasteiger charge is 2.40. The highest BCUT2D eigenvalue weighted by molar-refractivity contribution is 7.89. The number of alkyl halides is 3. The zero-order valence-corrected chi connectivity index (χ0v) is 13.1. The molecule has 2 rings (SSSR count). The lowest BCUT2D eigenvalue weighted by atomic mass is 10.1. The van der Waals surface area contributed by atoms with E-state index in [4.69, 9.17) is 10.4 Å². The summed E-state index contributed by atoms with van der Waals surface area (Å²) in [6.45, 7) is -0.0827. The first-order chi connectivity index (χ1) is 11.1. The molecule has 10 heteroatoms. The molecule has 0 saturated carbocycles. The lowest BCUT2D eigenvalue weighted by Gasteiger charge is -2.32. The van der Waals surface area contributed by atoms with Gasteiger partial charge in [-0.25, -0.2) is 8.42 Å². The predicted molar refractivity (Wildman–Crippen MR) is 75.3 cm³/mol. The second kappa shape index (κ2) is 6.41. The van der Waals surface area contributed by atoms with Crippen molar-refractivity contribution in [3.8, 4) is 6.07 Å². The van der Waals surface area contributed by atoms with Gasteiger partial charge in [-0.15, -0.1) is 0 Å². The zero-order chi connectivity index (χ0) is 18.1. The van der Waals surface area contributed by atoms with Gasteiger partial charge in [-0.05, 0) is 37.5 Å². The number of halogens is 3. The molecule has 1 N–H and O–H groups in total. The van der Waals surface area contributed by atoms with Crippen molar-refractivity contribution in [2.45, 2.75) is 36.4 Å². The van der Waals surface area contributed by atoms with Crippen molar-refractivity contribution in [3.05, 3.63) is 29.3 Å². The van der Waals surface area contributed by atoms with Crippen molar-refractivity contribution in [2.24, 2.45) is 0 Å². The number of hydrogen-bond donors (Lipinski definition) is 1. The Morgan fingerprint density at radius 1 is 1.33 bits per heavy atom. The minimum absolute atomic E-state index is 0.0827. The maximum atomic E-state index is 13.0. The summed E-state index contributed by atoms with van der Waals surface area (Å²) in [6, 6.07) is 2.09.